The maximum Gasteiger partial charge on any atom is 0.309 e. The van der Waals surface area contributed by atoms with Crippen LogP contribution in [0.1, 0.15) is 26.6 Å². The molecule has 7 rings (SSSR count). The molecule has 3 fully saturated rings. The largest absolute Gasteiger partial charge is 0.481 e. The van der Waals surface area contributed by atoms with Crippen LogP contribution in [0.25, 0.3) is 16.8 Å². The first-order chi connectivity index (χ1) is 17.3. The molecule has 3 saturated carbocycles. The molecule has 2 aromatic carbocycles. The van der Waals surface area contributed by atoms with Gasteiger partial charge < -0.3 is 15.6 Å². The van der Waals surface area contributed by atoms with Gasteiger partial charge in [0, 0.05) is 23.4 Å². The van der Waals surface area contributed by atoms with Crippen LogP contribution < -0.4 is 10.5 Å². The van der Waals surface area contributed by atoms with Gasteiger partial charge in [0.15, 0.2) is 0 Å². The highest BCUT2D eigenvalue weighted by Crippen LogP contribution is 2.87. The van der Waals surface area contributed by atoms with Crippen LogP contribution in [0.15, 0.2) is 67.0 Å². The van der Waals surface area contributed by atoms with Gasteiger partial charge in [0.1, 0.15) is 34.4 Å². The number of benzene rings is 2. The van der Waals surface area contributed by atoms with Crippen molar-refractivity contribution in [3.8, 4) is 22.8 Å². The molecule has 4 unspecified atom stereocenters. The molecular formula is C29H28N4O3. The molecule has 0 amide bonds. The number of aromatic nitrogens is 3. The van der Waals surface area contributed by atoms with Crippen molar-refractivity contribution in [2.75, 3.05) is 5.73 Å². The topological polar surface area (TPSA) is 103 Å². The van der Waals surface area contributed by atoms with Crippen LogP contribution in [0.4, 0.5) is 5.82 Å². The summed E-state index contributed by atoms with van der Waals surface area (Å²) in [6.07, 6.45) is 3.66. The first kappa shape index (κ1) is 21.4. The van der Waals surface area contributed by atoms with Gasteiger partial charge >= 0.3 is 5.97 Å². The van der Waals surface area contributed by atoms with E-state index >= 15 is 0 Å². The van der Waals surface area contributed by atoms with E-state index < -0.39 is 11.4 Å². The number of aliphatic carboxylic acids is 1. The van der Waals surface area contributed by atoms with Crippen molar-refractivity contribution in [1.29, 1.82) is 0 Å². The lowest BCUT2D eigenvalue weighted by atomic mass is 9.15. The second-order valence-electron chi connectivity index (χ2n) is 10.9. The van der Waals surface area contributed by atoms with Crippen molar-refractivity contribution in [2.45, 2.75) is 26.2 Å². The fraction of sp³-hybridized carbons (Fsp3) is 0.345. The van der Waals surface area contributed by atoms with Crippen molar-refractivity contribution in [2.24, 2.45) is 35.0 Å². The summed E-state index contributed by atoms with van der Waals surface area (Å²) in [6.45, 7) is 6.35. The molecule has 0 bridgehead atoms. The van der Waals surface area contributed by atoms with Gasteiger partial charge in [0.25, 0.3) is 0 Å². The first-order valence-electron chi connectivity index (χ1n) is 12.5. The van der Waals surface area contributed by atoms with Crippen LogP contribution in [-0.4, -0.2) is 25.4 Å². The maximum absolute atomic E-state index is 12.2. The van der Waals surface area contributed by atoms with Crippen LogP contribution in [-0.2, 0) is 10.2 Å². The summed E-state index contributed by atoms with van der Waals surface area (Å²) in [5.74, 6) is 3.42. The van der Waals surface area contributed by atoms with Crippen molar-refractivity contribution in [3.63, 3.8) is 0 Å². The lowest BCUT2D eigenvalue weighted by Crippen LogP contribution is -2.89. The molecule has 2 heterocycles. The Morgan fingerprint density at radius 1 is 1.00 bits per heavy atom. The normalized spacial score (nSPS) is 33.7. The van der Waals surface area contributed by atoms with E-state index in [1.54, 1.807) is 6.20 Å². The number of carboxylic acids is 1. The lowest BCUT2D eigenvalue weighted by Gasteiger charge is -2.87. The Labute approximate surface area is 209 Å². The number of hydrogen-bond donors (Lipinski definition) is 2. The Kier molecular flexibility index (Phi) is 4.09. The third-order valence-corrected chi connectivity index (χ3v) is 9.83. The number of ether oxygens (including phenoxy) is 1. The maximum atomic E-state index is 12.2. The summed E-state index contributed by atoms with van der Waals surface area (Å²) in [4.78, 5) is 21.8. The molecule has 0 radical (unpaired) electrons. The predicted octanol–water partition coefficient (Wildman–Crippen LogP) is 5.26. The number of para-hydroxylation sites is 1. The number of imidazole rings is 1. The van der Waals surface area contributed by atoms with Gasteiger partial charge in [-0.1, -0.05) is 32.0 Å². The zero-order chi connectivity index (χ0) is 25.0. The van der Waals surface area contributed by atoms with E-state index in [1.807, 2.05) is 67.7 Å². The van der Waals surface area contributed by atoms with Crippen molar-refractivity contribution in [1.82, 2.24) is 14.4 Å². The number of nitrogens with zero attached hydrogens (tertiary/aromatic N) is 3. The standard InChI is InChI=1S/C29H28N4O3/c1-15-20-22-21(28(20,3)27(34)35)16(2)29(15,22)26-32-23(24-25(30)31-13-14-33(24)26)17-9-11-19(12-10-17)36-18-7-5-4-6-8-18/h4-16,20-22H,1-3H3,(H2,30,31)(H,34,35). The average molecular weight is 481 g/mol. The smallest absolute Gasteiger partial charge is 0.309 e. The SMILES string of the molecule is CC1C2C3C(C(C)C13c1nc(-c3ccc(Oc4ccccc4)cc3)c3c(N)nccn13)C2(C)C(=O)O. The summed E-state index contributed by atoms with van der Waals surface area (Å²) >= 11 is 0. The zero-order valence-corrected chi connectivity index (χ0v) is 20.4. The quantitative estimate of drug-likeness (QED) is 0.404. The van der Waals surface area contributed by atoms with Crippen LogP contribution in [0.2, 0.25) is 0 Å². The molecule has 3 N–H and O–H groups in total. The summed E-state index contributed by atoms with van der Waals surface area (Å²) in [6, 6.07) is 17.6. The Morgan fingerprint density at radius 3 is 2.25 bits per heavy atom. The molecule has 182 valence electrons. The van der Waals surface area contributed by atoms with Crippen molar-refractivity contribution < 1.29 is 14.6 Å². The Hall–Kier alpha value is -3.87. The van der Waals surface area contributed by atoms with E-state index in [2.05, 4.69) is 23.2 Å². The van der Waals surface area contributed by atoms with Crippen LogP contribution in [0, 0.1) is 35.0 Å². The number of carboxylic acid groups (broad SMARTS) is 1. The Morgan fingerprint density at radius 2 is 1.64 bits per heavy atom. The zero-order valence-electron chi connectivity index (χ0n) is 20.4. The fourth-order valence-electron chi connectivity index (χ4n) is 8.42. The van der Waals surface area contributed by atoms with E-state index in [-0.39, 0.29) is 29.1 Å². The van der Waals surface area contributed by atoms with E-state index in [0.29, 0.717) is 11.7 Å². The van der Waals surface area contributed by atoms with Gasteiger partial charge in [0.2, 0.25) is 0 Å². The molecule has 4 atom stereocenters. The molecule has 0 saturated heterocycles. The number of anilines is 1. The molecule has 3 aliphatic carbocycles. The second kappa shape index (κ2) is 6.87. The summed E-state index contributed by atoms with van der Waals surface area (Å²) in [5.41, 5.74) is 8.15. The molecule has 4 aromatic rings. The number of hydrogen-bond acceptors (Lipinski definition) is 5. The molecule has 3 aliphatic rings. The highest BCUT2D eigenvalue weighted by atomic mass is 16.5. The summed E-state index contributed by atoms with van der Waals surface area (Å²) in [5, 5.41) is 10.0. The highest BCUT2D eigenvalue weighted by Gasteiger charge is 2.90. The van der Waals surface area contributed by atoms with Gasteiger partial charge in [0.05, 0.1) is 5.41 Å². The van der Waals surface area contributed by atoms with Crippen molar-refractivity contribution >= 4 is 17.3 Å². The second-order valence-corrected chi connectivity index (χ2v) is 10.9. The molecule has 7 heteroatoms. The fourth-order valence-corrected chi connectivity index (χ4v) is 8.42. The van der Waals surface area contributed by atoms with E-state index in [0.717, 1.165) is 34.1 Å². The van der Waals surface area contributed by atoms with Gasteiger partial charge in [-0.05, 0) is 72.9 Å². The minimum Gasteiger partial charge on any atom is -0.481 e. The third-order valence-electron chi connectivity index (χ3n) is 9.83. The Bertz CT molecular complexity index is 1500. The number of fused-ring (bicyclic) bond motifs is 1. The molecule has 0 aliphatic heterocycles. The van der Waals surface area contributed by atoms with E-state index in [9.17, 15) is 9.90 Å². The number of rotatable bonds is 5. The molecular weight excluding hydrogens is 452 g/mol. The molecule has 7 nitrogen and oxygen atoms in total. The van der Waals surface area contributed by atoms with Gasteiger partial charge in [-0.15, -0.1) is 0 Å². The van der Waals surface area contributed by atoms with E-state index in [1.165, 1.54) is 0 Å². The molecule has 2 aromatic heterocycles. The van der Waals surface area contributed by atoms with Crippen LogP contribution >= 0.6 is 0 Å². The van der Waals surface area contributed by atoms with Crippen LogP contribution in [0.5, 0.6) is 11.5 Å². The number of nitrogen functional groups attached to an aromatic ring is 1. The molecule has 36 heavy (non-hydrogen) atoms. The number of carbonyl (C=O) groups is 1. The summed E-state index contributed by atoms with van der Waals surface area (Å²) < 4.78 is 8.06. The van der Waals surface area contributed by atoms with Crippen LogP contribution in [0.3, 0.4) is 0 Å². The number of nitrogens with two attached hydrogens (primary N) is 1. The molecule has 0 spiro atoms. The lowest BCUT2D eigenvalue weighted by molar-refractivity contribution is -0.381. The van der Waals surface area contributed by atoms with Gasteiger partial charge in [-0.25, -0.2) is 9.97 Å². The minimum atomic E-state index is -0.666. The van der Waals surface area contributed by atoms with E-state index in [4.69, 9.17) is 15.5 Å². The van der Waals surface area contributed by atoms with Gasteiger partial charge in [-0.2, -0.15) is 0 Å². The summed E-state index contributed by atoms with van der Waals surface area (Å²) in [7, 11) is 0. The monoisotopic (exact) mass is 480 g/mol. The highest BCUT2D eigenvalue weighted by molar-refractivity contribution is 5.86. The average Bonchev–Trinajstić information content (AvgIpc) is 3.24. The minimum absolute atomic E-state index is 0.143. The first-order valence-corrected chi connectivity index (χ1v) is 12.5. The Balaban J connectivity index is 1.31. The predicted molar refractivity (Wildman–Crippen MR) is 136 cm³/mol. The third kappa shape index (κ3) is 2.27. The van der Waals surface area contributed by atoms with Crippen molar-refractivity contribution in [3.05, 3.63) is 72.8 Å². The van der Waals surface area contributed by atoms with Gasteiger partial charge in [-0.3, -0.25) is 9.20 Å².